The van der Waals surface area contributed by atoms with E-state index >= 15 is 0 Å². The van der Waals surface area contributed by atoms with Gasteiger partial charge in [0, 0.05) is 19.1 Å². The number of hydrogen-bond acceptors (Lipinski definition) is 2. The molecule has 2 heteroatoms. The second-order valence-electron chi connectivity index (χ2n) is 3.86. The Morgan fingerprint density at radius 2 is 2.27 bits per heavy atom. The number of nitrogens with zero attached hydrogens (tertiary/aromatic N) is 1. The predicted octanol–water partition coefficient (Wildman–Crippen LogP) is 1.36. The highest BCUT2D eigenvalue weighted by Crippen LogP contribution is 2.29. The minimum absolute atomic E-state index is 0.421. The minimum Gasteiger partial charge on any atom is -0.384 e. The van der Waals surface area contributed by atoms with E-state index in [1.165, 1.54) is 26.1 Å². The molecule has 0 spiro atoms. The van der Waals surface area contributed by atoms with Gasteiger partial charge >= 0.3 is 0 Å². The van der Waals surface area contributed by atoms with Gasteiger partial charge in [0.1, 0.15) is 0 Å². The van der Waals surface area contributed by atoms with Gasteiger partial charge in [0.05, 0.1) is 6.61 Å². The highest BCUT2D eigenvalue weighted by molar-refractivity contribution is 4.85. The Labute approximate surface area is 69.5 Å². The lowest BCUT2D eigenvalue weighted by atomic mass is 9.91. The van der Waals surface area contributed by atoms with E-state index in [4.69, 9.17) is 4.74 Å². The lowest BCUT2D eigenvalue weighted by molar-refractivity contribution is 0.0968. The van der Waals surface area contributed by atoms with Crippen LogP contribution in [-0.4, -0.2) is 38.3 Å². The number of rotatable bonds is 3. The Hall–Kier alpha value is -0.0800. The molecule has 0 aromatic carbocycles. The summed E-state index contributed by atoms with van der Waals surface area (Å²) in [7, 11) is 1.79. The lowest BCUT2D eigenvalue weighted by Crippen LogP contribution is -2.28. The molecule has 0 aromatic heterocycles. The second-order valence-corrected chi connectivity index (χ2v) is 3.86. The molecule has 0 amide bonds. The third-order valence-electron chi connectivity index (χ3n) is 2.58. The van der Waals surface area contributed by atoms with E-state index in [1.807, 2.05) is 0 Å². The van der Waals surface area contributed by atoms with Crippen LogP contribution in [0.2, 0.25) is 0 Å². The fourth-order valence-electron chi connectivity index (χ4n) is 1.86. The molecule has 1 aliphatic rings. The van der Waals surface area contributed by atoms with Crippen LogP contribution in [0.1, 0.15) is 20.3 Å². The van der Waals surface area contributed by atoms with Crippen molar-refractivity contribution in [3.05, 3.63) is 0 Å². The van der Waals surface area contributed by atoms with E-state index in [0.29, 0.717) is 5.41 Å². The van der Waals surface area contributed by atoms with Crippen LogP contribution < -0.4 is 0 Å². The van der Waals surface area contributed by atoms with Crippen molar-refractivity contribution in [3.63, 3.8) is 0 Å². The summed E-state index contributed by atoms with van der Waals surface area (Å²) in [6.07, 6.45) is 1.29. The topological polar surface area (TPSA) is 12.5 Å². The average molecular weight is 157 g/mol. The molecule has 1 fully saturated rings. The monoisotopic (exact) mass is 157 g/mol. The van der Waals surface area contributed by atoms with Gasteiger partial charge in [-0.25, -0.2) is 0 Å². The Bertz CT molecular complexity index is 127. The van der Waals surface area contributed by atoms with Crippen molar-refractivity contribution >= 4 is 0 Å². The van der Waals surface area contributed by atoms with Crippen LogP contribution in [0, 0.1) is 5.41 Å². The summed E-state index contributed by atoms with van der Waals surface area (Å²) in [6.45, 7) is 9.07. The van der Waals surface area contributed by atoms with E-state index in [9.17, 15) is 0 Å². The molecule has 66 valence electrons. The van der Waals surface area contributed by atoms with E-state index in [2.05, 4.69) is 18.7 Å². The van der Waals surface area contributed by atoms with Crippen LogP contribution in [0.15, 0.2) is 0 Å². The summed E-state index contributed by atoms with van der Waals surface area (Å²) in [4.78, 5) is 2.49. The SMILES string of the molecule is CCN1CCC(C)(COC)C1. The zero-order chi connectivity index (χ0) is 8.32. The van der Waals surface area contributed by atoms with Crippen LogP contribution in [0.25, 0.3) is 0 Å². The van der Waals surface area contributed by atoms with E-state index in [0.717, 1.165) is 6.61 Å². The largest absolute Gasteiger partial charge is 0.384 e. The van der Waals surface area contributed by atoms with Crippen molar-refractivity contribution in [2.45, 2.75) is 20.3 Å². The predicted molar refractivity (Wildman–Crippen MR) is 46.7 cm³/mol. The highest BCUT2D eigenvalue weighted by atomic mass is 16.5. The first kappa shape index (κ1) is 9.01. The van der Waals surface area contributed by atoms with Crippen LogP contribution in [0.4, 0.5) is 0 Å². The first-order valence-corrected chi connectivity index (χ1v) is 4.41. The zero-order valence-electron chi connectivity index (χ0n) is 7.89. The van der Waals surface area contributed by atoms with Crippen LogP contribution >= 0.6 is 0 Å². The molecular weight excluding hydrogens is 138 g/mol. The Morgan fingerprint density at radius 1 is 1.55 bits per heavy atom. The molecule has 0 aliphatic carbocycles. The van der Waals surface area contributed by atoms with Gasteiger partial charge in [-0.3, -0.25) is 0 Å². The quantitative estimate of drug-likeness (QED) is 0.613. The molecule has 1 rings (SSSR count). The average Bonchev–Trinajstić information content (AvgIpc) is 2.33. The van der Waals surface area contributed by atoms with Crippen LogP contribution in [-0.2, 0) is 4.74 Å². The third-order valence-corrected chi connectivity index (χ3v) is 2.58. The van der Waals surface area contributed by atoms with Gasteiger partial charge in [-0.1, -0.05) is 13.8 Å². The third kappa shape index (κ3) is 2.17. The molecule has 0 saturated carbocycles. The molecule has 1 aliphatic heterocycles. The molecule has 0 bridgehead atoms. The number of ether oxygens (including phenoxy) is 1. The summed E-state index contributed by atoms with van der Waals surface area (Å²) in [6, 6.07) is 0. The Kier molecular flexibility index (Phi) is 2.90. The van der Waals surface area contributed by atoms with Crippen molar-refractivity contribution < 1.29 is 4.74 Å². The van der Waals surface area contributed by atoms with Gasteiger partial charge in [-0.15, -0.1) is 0 Å². The van der Waals surface area contributed by atoms with Gasteiger partial charge in [0.25, 0.3) is 0 Å². The lowest BCUT2D eigenvalue weighted by Gasteiger charge is -2.22. The van der Waals surface area contributed by atoms with E-state index in [-0.39, 0.29) is 0 Å². The van der Waals surface area contributed by atoms with E-state index < -0.39 is 0 Å². The molecule has 0 radical (unpaired) electrons. The standard InChI is InChI=1S/C9H19NO/c1-4-10-6-5-9(2,7-10)8-11-3/h4-8H2,1-3H3. The van der Waals surface area contributed by atoms with Gasteiger partial charge in [-0.05, 0) is 19.5 Å². The fourth-order valence-corrected chi connectivity index (χ4v) is 1.86. The van der Waals surface area contributed by atoms with Gasteiger partial charge in [0.2, 0.25) is 0 Å². The minimum atomic E-state index is 0.421. The molecule has 11 heavy (non-hydrogen) atoms. The van der Waals surface area contributed by atoms with Crippen molar-refractivity contribution in [1.29, 1.82) is 0 Å². The highest BCUT2D eigenvalue weighted by Gasteiger charge is 2.32. The van der Waals surface area contributed by atoms with E-state index in [1.54, 1.807) is 7.11 Å². The molecule has 2 nitrogen and oxygen atoms in total. The van der Waals surface area contributed by atoms with Crippen LogP contribution in [0.5, 0.6) is 0 Å². The van der Waals surface area contributed by atoms with Crippen molar-refractivity contribution in [3.8, 4) is 0 Å². The smallest absolute Gasteiger partial charge is 0.0528 e. The molecule has 1 unspecified atom stereocenters. The summed E-state index contributed by atoms with van der Waals surface area (Å²) in [5, 5.41) is 0. The summed E-state index contributed by atoms with van der Waals surface area (Å²) in [5.41, 5.74) is 0.421. The molecule has 0 aromatic rings. The maximum Gasteiger partial charge on any atom is 0.0528 e. The van der Waals surface area contributed by atoms with Gasteiger partial charge in [0.15, 0.2) is 0 Å². The summed E-state index contributed by atoms with van der Waals surface area (Å²) >= 11 is 0. The number of hydrogen-bond donors (Lipinski definition) is 0. The van der Waals surface area contributed by atoms with Crippen molar-refractivity contribution in [2.24, 2.45) is 5.41 Å². The normalized spacial score (nSPS) is 33.0. The zero-order valence-corrected chi connectivity index (χ0v) is 7.89. The number of likely N-dealkylation sites (tertiary alicyclic amines) is 1. The molecule has 1 saturated heterocycles. The summed E-state index contributed by atoms with van der Waals surface area (Å²) < 4.78 is 5.19. The van der Waals surface area contributed by atoms with Crippen molar-refractivity contribution in [1.82, 2.24) is 4.90 Å². The molecular formula is C9H19NO. The fraction of sp³-hybridized carbons (Fsp3) is 1.00. The first-order chi connectivity index (χ1) is 5.20. The first-order valence-electron chi connectivity index (χ1n) is 4.41. The maximum atomic E-state index is 5.19. The van der Waals surface area contributed by atoms with Gasteiger partial charge < -0.3 is 9.64 Å². The summed E-state index contributed by atoms with van der Waals surface area (Å²) in [5.74, 6) is 0. The molecule has 1 atom stereocenters. The Balaban J connectivity index is 2.37. The number of methoxy groups -OCH3 is 1. The second kappa shape index (κ2) is 3.55. The van der Waals surface area contributed by atoms with Crippen molar-refractivity contribution in [2.75, 3.05) is 33.4 Å². The molecule has 1 heterocycles. The Morgan fingerprint density at radius 3 is 2.73 bits per heavy atom. The molecule has 0 N–H and O–H groups in total. The van der Waals surface area contributed by atoms with Gasteiger partial charge in [-0.2, -0.15) is 0 Å². The maximum absolute atomic E-state index is 5.19. The van der Waals surface area contributed by atoms with Crippen LogP contribution in [0.3, 0.4) is 0 Å².